The molecule has 2 rings (SSSR count). The van der Waals surface area contributed by atoms with E-state index in [2.05, 4.69) is 25.3 Å². The molecular weight excluding hydrogens is 254 g/mol. The molecule has 0 saturated heterocycles. The molecule has 0 aliphatic rings. The zero-order chi connectivity index (χ0) is 11.0. The van der Waals surface area contributed by atoms with Gasteiger partial charge < -0.3 is 10.1 Å². The van der Waals surface area contributed by atoms with Crippen molar-refractivity contribution in [3.63, 3.8) is 0 Å². The molecule has 0 aliphatic carbocycles. The van der Waals surface area contributed by atoms with Crippen LogP contribution in [0.3, 0.4) is 0 Å². The summed E-state index contributed by atoms with van der Waals surface area (Å²) in [6, 6.07) is 4.16. The van der Waals surface area contributed by atoms with E-state index in [4.69, 9.17) is 5.73 Å². The summed E-state index contributed by atoms with van der Waals surface area (Å²) in [4.78, 5) is 4.54. The van der Waals surface area contributed by atoms with Crippen LogP contribution in [-0.4, -0.2) is 15.4 Å². The summed E-state index contributed by atoms with van der Waals surface area (Å²) in [6.45, 7) is 4.00. The van der Waals surface area contributed by atoms with E-state index in [0.717, 1.165) is 27.9 Å². The highest BCUT2D eigenvalue weighted by Gasteiger charge is 2.11. The van der Waals surface area contributed by atoms with E-state index < -0.39 is 0 Å². The maximum atomic E-state index is 5.81. The zero-order valence-electron chi connectivity index (χ0n) is 8.87. The van der Waals surface area contributed by atoms with Gasteiger partial charge in [0.1, 0.15) is 5.82 Å². The van der Waals surface area contributed by atoms with E-state index >= 15 is 0 Å². The minimum Gasteiger partial charge on any atom is -0.328 e. The van der Waals surface area contributed by atoms with Crippen molar-refractivity contribution in [3.8, 4) is 0 Å². The van der Waals surface area contributed by atoms with Gasteiger partial charge in [0.05, 0.1) is 11.2 Å². The average Bonchev–Trinajstić information content (AvgIpc) is 2.44. The van der Waals surface area contributed by atoms with Gasteiger partial charge in [-0.15, -0.1) is 0 Å². The van der Waals surface area contributed by atoms with Gasteiger partial charge in [-0.2, -0.15) is 0 Å². The minimum absolute atomic E-state index is 0.134. The molecule has 0 bridgehead atoms. The first kappa shape index (κ1) is 10.6. The van der Waals surface area contributed by atoms with E-state index in [0.29, 0.717) is 0 Å². The van der Waals surface area contributed by atoms with Gasteiger partial charge in [-0.25, -0.2) is 4.98 Å². The van der Waals surface area contributed by atoms with Crippen molar-refractivity contribution in [1.29, 1.82) is 0 Å². The Balaban J connectivity index is 2.65. The smallest absolute Gasteiger partial charge is 0.110 e. The molecule has 80 valence electrons. The third-order valence-corrected chi connectivity index (χ3v) is 3.02. The summed E-state index contributed by atoms with van der Waals surface area (Å²) in [5.74, 6) is 1.00. The Morgan fingerprint density at radius 1 is 1.60 bits per heavy atom. The van der Waals surface area contributed by atoms with Crippen LogP contribution in [0.4, 0.5) is 0 Å². The Morgan fingerprint density at radius 2 is 2.33 bits per heavy atom. The lowest BCUT2D eigenvalue weighted by molar-refractivity contribution is 0.728. The van der Waals surface area contributed by atoms with Crippen LogP contribution in [0.15, 0.2) is 22.8 Å². The van der Waals surface area contributed by atoms with Crippen LogP contribution >= 0.6 is 15.9 Å². The number of fused-ring (bicyclic) bond motifs is 1. The standard InChI is InChI=1S/C11H14BrN3/c1-7(13)6-10-11-9(12)4-3-5-15(11)8(2)14-10/h3-5,7H,6,13H2,1-2H3. The number of nitrogens with two attached hydrogens (primary N) is 1. The lowest BCUT2D eigenvalue weighted by atomic mass is 10.2. The van der Waals surface area contributed by atoms with Crippen LogP contribution < -0.4 is 5.73 Å². The number of halogens is 1. The van der Waals surface area contributed by atoms with Gasteiger partial charge in [0.15, 0.2) is 0 Å². The van der Waals surface area contributed by atoms with Crippen molar-refractivity contribution in [3.05, 3.63) is 34.3 Å². The van der Waals surface area contributed by atoms with Gasteiger partial charge in [0.2, 0.25) is 0 Å². The third kappa shape index (κ3) is 1.92. The summed E-state index contributed by atoms with van der Waals surface area (Å²) in [5, 5.41) is 0. The van der Waals surface area contributed by atoms with Crippen molar-refractivity contribution in [2.45, 2.75) is 26.3 Å². The fraction of sp³-hybridized carbons (Fsp3) is 0.364. The van der Waals surface area contributed by atoms with Gasteiger partial charge in [0, 0.05) is 23.1 Å². The van der Waals surface area contributed by atoms with Crippen molar-refractivity contribution in [2.75, 3.05) is 0 Å². The minimum atomic E-state index is 0.134. The maximum Gasteiger partial charge on any atom is 0.110 e. The van der Waals surface area contributed by atoms with Crippen LogP contribution in [0.5, 0.6) is 0 Å². The molecule has 0 spiro atoms. The molecule has 0 aromatic carbocycles. The molecule has 0 amide bonds. The number of hydrogen-bond acceptors (Lipinski definition) is 2. The first-order valence-corrected chi connectivity index (χ1v) is 5.76. The summed E-state index contributed by atoms with van der Waals surface area (Å²) in [7, 11) is 0. The Hall–Kier alpha value is -0.870. The number of nitrogens with zero attached hydrogens (tertiary/aromatic N) is 2. The highest BCUT2D eigenvalue weighted by atomic mass is 79.9. The largest absolute Gasteiger partial charge is 0.328 e. The highest BCUT2D eigenvalue weighted by Crippen LogP contribution is 2.23. The normalized spacial score (nSPS) is 13.3. The number of imidazole rings is 1. The number of hydrogen-bond donors (Lipinski definition) is 1. The lowest BCUT2D eigenvalue weighted by Gasteiger charge is -2.03. The molecule has 2 aromatic rings. The highest BCUT2D eigenvalue weighted by molar-refractivity contribution is 9.10. The summed E-state index contributed by atoms with van der Waals surface area (Å²) < 4.78 is 3.16. The Morgan fingerprint density at radius 3 is 3.00 bits per heavy atom. The second-order valence-electron chi connectivity index (χ2n) is 3.86. The second kappa shape index (κ2) is 3.94. The quantitative estimate of drug-likeness (QED) is 0.908. The van der Waals surface area contributed by atoms with E-state index in [1.54, 1.807) is 0 Å². The fourth-order valence-electron chi connectivity index (χ4n) is 1.78. The van der Waals surface area contributed by atoms with Gasteiger partial charge in [-0.1, -0.05) is 0 Å². The molecule has 1 unspecified atom stereocenters. The predicted molar refractivity (Wildman–Crippen MR) is 65.0 cm³/mol. The molecule has 0 radical (unpaired) electrons. The molecular formula is C11H14BrN3. The van der Waals surface area contributed by atoms with Crippen LogP contribution in [0.25, 0.3) is 5.52 Å². The number of pyridine rings is 1. The molecule has 3 nitrogen and oxygen atoms in total. The zero-order valence-corrected chi connectivity index (χ0v) is 10.5. The van der Waals surface area contributed by atoms with Crippen LogP contribution in [-0.2, 0) is 6.42 Å². The molecule has 0 aliphatic heterocycles. The molecule has 2 heterocycles. The number of aromatic nitrogens is 2. The van der Waals surface area contributed by atoms with Crippen molar-refractivity contribution in [1.82, 2.24) is 9.38 Å². The summed E-state index contributed by atoms with van der Waals surface area (Å²) >= 11 is 3.55. The maximum absolute atomic E-state index is 5.81. The van der Waals surface area contributed by atoms with Crippen molar-refractivity contribution >= 4 is 21.4 Å². The molecule has 2 aromatic heterocycles. The molecule has 15 heavy (non-hydrogen) atoms. The van der Waals surface area contributed by atoms with E-state index in [1.807, 2.05) is 32.2 Å². The van der Waals surface area contributed by atoms with E-state index in [9.17, 15) is 0 Å². The summed E-state index contributed by atoms with van der Waals surface area (Å²) in [6.07, 6.45) is 2.83. The predicted octanol–water partition coefficient (Wildman–Crippen LogP) is 2.29. The Kier molecular flexibility index (Phi) is 2.80. The Labute approximate surface area is 97.4 Å². The SMILES string of the molecule is Cc1nc(CC(C)N)c2c(Br)cccn12. The third-order valence-electron chi connectivity index (χ3n) is 2.38. The van der Waals surface area contributed by atoms with Crippen molar-refractivity contribution in [2.24, 2.45) is 5.73 Å². The van der Waals surface area contributed by atoms with Crippen LogP contribution in [0.2, 0.25) is 0 Å². The monoisotopic (exact) mass is 267 g/mol. The topological polar surface area (TPSA) is 43.3 Å². The van der Waals surface area contributed by atoms with Gasteiger partial charge in [-0.05, 0) is 41.9 Å². The first-order valence-electron chi connectivity index (χ1n) is 4.97. The van der Waals surface area contributed by atoms with Gasteiger partial charge in [-0.3, -0.25) is 0 Å². The summed E-state index contributed by atoms with van der Waals surface area (Å²) in [5.41, 5.74) is 8.01. The van der Waals surface area contributed by atoms with Gasteiger partial charge >= 0.3 is 0 Å². The van der Waals surface area contributed by atoms with Crippen LogP contribution in [0, 0.1) is 6.92 Å². The Bertz CT molecular complexity index is 488. The molecule has 1 atom stereocenters. The van der Waals surface area contributed by atoms with E-state index in [1.165, 1.54) is 0 Å². The van der Waals surface area contributed by atoms with Crippen molar-refractivity contribution < 1.29 is 0 Å². The number of aryl methyl sites for hydroxylation is 1. The van der Waals surface area contributed by atoms with Gasteiger partial charge in [0.25, 0.3) is 0 Å². The fourth-order valence-corrected chi connectivity index (χ4v) is 2.35. The molecule has 2 N–H and O–H groups in total. The first-order chi connectivity index (χ1) is 7.09. The lowest BCUT2D eigenvalue weighted by Crippen LogP contribution is -2.18. The molecule has 0 saturated carbocycles. The molecule has 4 heteroatoms. The van der Waals surface area contributed by atoms with E-state index in [-0.39, 0.29) is 6.04 Å². The van der Waals surface area contributed by atoms with Crippen LogP contribution in [0.1, 0.15) is 18.4 Å². The average molecular weight is 268 g/mol. The number of rotatable bonds is 2. The molecule has 0 fully saturated rings. The second-order valence-corrected chi connectivity index (χ2v) is 4.72.